The molecule has 2 fully saturated rings. The molecule has 4 heterocycles. The number of hydrogen-bond acceptors (Lipinski definition) is 7. The molecule has 2 aromatic carbocycles. The van der Waals surface area contributed by atoms with Crippen molar-refractivity contribution < 1.29 is 9.59 Å². The van der Waals surface area contributed by atoms with Crippen molar-refractivity contribution in [3.05, 3.63) is 83.6 Å². The Morgan fingerprint density at radius 1 is 0.650 bits per heavy atom. The summed E-state index contributed by atoms with van der Waals surface area (Å²) in [4.78, 5) is 42.5. The van der Waals surface area contributed by atoms with Crippen LogP contribution in [0.1, 0.15) is 39.3 Å². The first-order chi connectivity index (χ1) is 19.6. The van der Waals surface area contributed by atoms with Gasteiger partial charge in [0.25, 0.3) is 11.8 Å². The minimum atomic E-state index is -0.190. The van der Waals surface area contributed by atoms with Crippen LogP contribution in [0.4, 0.5) is 17.2 Å². The van der Waals surface area contributed by atoms with E-state index in [0.717, 1.165) is 77.4 Å². The summed E-state index contributed by atoms with van der Waals surface area (Å²) < 4.78 is 0. The highest BCUT2D eigenvalue weighted by atomic mass is 16.2. The van der Waals surface area contributed by atoms with Gasteiger partial charge in [0.1, 0.15) is 5.82 Å². The zero-order chi connectivity index (χ0) is 27.5. The maximum absolute atomic E-state index is 13.5. The first-order valence-corrected chi connectivity index (χ1v) is 14.5. The number of aromatic nitrogens is 1. The van der Waals surface area contributed by atoms with Gasteiger partial charge < -0.3 is 14.7 Å². The molecule has 0 aliphatic carbocycles. The Balaban J connectivity index is 1.03. The number of carbonyl (C=O) groups is 2. The van der Waals surface area contributed by atoms with E-state index >= 15 is 0 Å². The number of piperazine rings is 2. The van der Waals surface area contributed by atoms with E-state index in [9.17, 15) is 9.59 Å². The van der Waals surface area contributed by atoms with Crippen LogP contribution < -0.4 is 14.7 Å². The van der Waals surface area contributed by atoms with E-state index in [1.807, 2.05) is 13.0 Å². The average molecular weight is 539 g/mol. The molecule has 3 aromatic rings. The van der Waals surface area contributed by atoms with E-state index in [4.69, 9.17) is 4.98 Å². The highest BCUT2D eigenvalue weighted by Crippen LogP contribution is 2.32. The monoisotopic (exact) mass is 538 g/mol. The number of nitrogens with zero attached hydrogens (tertiary/aromatic N) is 6. The average Bonchev–Trinajstić information content (AvgIpc) is 3.24. The number of para-hydroxylation sites is 2. The van der Waals surface area contributed by atoms with E-state index in [2.05, 4.69) is 74.2 Å². The molecule has 0 atom stereocenters. The number of imide groups is 1. The van der Waals surface area contributed by atoms with Crippen LogP contribution in [0.15, 0.2) is 66.7 Å². The molecular formula is C32H38N6O2. The van der Waals surface area contributed by atoms with Crippen LogP contribution in [0, 0.1) is 6.92 Å². The van der Waals surface area contributed by atoms with E-state index in [-0.39, 0.29) is 11.8 Å². The maximum Gasteiger partial charge on any atom is 0.265 e. The lowest BCUT2D eigenvalue weighted by Crippen LogP contribution is -2.47. The normalized spacial score (nSPS) is 18.0. The molecule has 3 aliphatic rings. The van der Waals surface area contributed by atoms with Gasteiger partial charge in [-0.05, 0) is 56.6 Å². The Hall–Kier alpha value is -3.91. The number of carbonyl (C=O) groups excluding carboxylic acids is 2. The molecule has 3 aliphatic heterocycles. The zero-order valence-electron chi connectivity index (χ0n) is 23.3. The molecule has 0 bridgehead atoms. The largest absolute Gasteiger partial charge is 0.369 e. The molecule has 0 unspecified atom stereocenters. The van der Waals surface area contributed by atoms with E-state index < -0.39 is 0 Å². The van der Waals surface area contributed by atoms with Crippen molar-refractivity contribution in [2.75, 3.05) is 80.1 Å². The van der Waals surface area contributed by atoms with Gasteiger partial charge in [-0.1, -0.05) is 36.4 Å². The Kier molecular flexibility index (Phi) is 7.68. The lowest BCUT2D eigenvalue weighted by molar-refractivity contribution is 0.0650. The van der Waals surface area contributed by atoms with Crippen LogP contribution in [-0.4, -0.2) is 92.0 Å². The minimum absolute atomic E-state index is 0.175. The summed E-state index contributed by atoms with van der Waals surface area (Å²) in [6.07, 6.45) is 1.77. The van der Waals surface area contributed by atoms with Gasteiger partial charge in [0.2, 0.25) is 0 Å². The second kappa shape index (κ2) is 11.7. The molecule has 1 aromatic heterocycles. The van der Waals surface area contributed by atoms with Crippen molar-refractivity contribution >= 4 is 29.0 Å². The summed E-state index contributed by atoms with van der Waals surface area (Å²) in [7, 11) is 0. The van der Waals surface area contributed by atoms with Crippen molar-refractivity contribution in [2.24, 2.45) is 0 Å². The minimum Gasteiger partial charge on any atom is -0.369 e. The Morgan fingerprint density at radius 3 is 1.77 bits per heavy atom. The molecule has 2 saturated heterocycles. The number of rotatable bonds is 8. The smallest absolute Gasteiger partial charge is 0.265 e. The van der Waals surface area contributed by atoms with Crippen molar-refractivity contribution in [3.8, 4) is 0 Å². The van der Waals surface area contributed by atoms with Crippen LogP contribution in [0.5, 0.6) is 0 Å². The third-order valence-electron chi connectivity index (χ3n) is 8.36. The van der Waals surface area contributed by atoms with E-state index in [1.165, 1.54) is 16.3 Å². The van der Waals surface area contributed by atoms with Crippen molar-refractivity contribution in [1.29, 1.82) is 0 Å². The van der Waals surface area contributed by atoms with Gasteiger partial charge in [-0.15, -0.1) is 0 Å². The summed E-state index contributed by atoms with van der Waals surface area (Å²) in [5.41, 5.74) is 4.27. The van der Waals surface area contributed by atoms with E-state index in [1.54, 1.807) is 6.07 Å². The number of aryl methyl sites for hydroxylation is 1. The summed E-state index contributed by atoms with van der Waals surface area (Å²) in [5.74, 6) is 0.301. The molecule has 0 N–H and O–H groups in total. The van der Waals surface area contributed by atoms with Gasteiger partial charge in [-0.25, -0.2) is 4.98 Å². The number of amides is 2. The molecule has 8 heteroatoms. The van der Waals surface area contributed by atoms with Crippen LogP contribution in [0.2, 0.25) is 0 Å². The van der Waals surface area contributed by atoms with Crippen molar-refractivity contribution in [2.45, 2.75) is 19.8 Å². The number of unbranched alkanes of at least 4 members (excludes halogenated alkanes) is 1. The quantitative estimate of drug-likeness (QED) is 0.318. The summed E-state index contributed by atoms with van der Waals surface area (Å²) in [5, 5.41) is 0. The van der Waals surface area contributed by atoms with Crippen LogP contribution in [-0.2, 0) is 0 Å². The molecule has 208 valence electrons. The SMILES string of the molecule is Cc1cc2c(c(N3CCN(c4ccccc4)CC3)n1)C(=O)N(CCCCN1CCN(c3ccccc3)CC1)C2=O. The predicted octanol–water partition coefficient (Wildman–Crippen LogP) is 3.92. The molecule has 6 rings (SSSR count). The molecule has 2 amide bonds. The van der Waals surface area contributed by atoms with Crippen LogP contribution in [0.25, 0.3) is 0 Å². The molecule has 0 saturated carbocycles. The summed E-state index contributed by atoms with van der Waals surface area (Å²) >= 11 is 0. The molecular weight excluding hydrogens is 500 g/mol. The number of fused-ring (bicyclic) bond motifs is 1. The highest BCUT2D eigenvalue weighted by molar-refractivity contribution is 6.23. The topological polar surface area (TPSA) is 63.2 Å². The Labute approximate surface area is 236 Å². The van der Waals surface area contributed by atoms with Crippen LogP contribution in [0.3, 0.4) is 0 Å². The van der Waals surface area contributed by atoms with Crippen molar-refractivity contribution in [3.63, 3.8) is 0 Å². The number of benzene rings is 2. The highest BCUT2D eigenvalue weighted by Gasteiger charge is 2.39. The predicted molar refractivity (Wildman–Crippen MR) is 160 cm³/mol. The zero-order valence-corrected chi connectivity index (χ0v) is 23.3. The lowest BCUT2D eigenvalue weighted by atomic mass is 10.1. The first-order valence-electron chi connectivity index (χ1n) is 14.5. The Bertz CT molecular complexity index is 1330. The number of anilines is 3. The first kappa shape index (κ1) is 26.3. The Morgan fingerprint density at radius 2 is 1.18 bits per heavy atom. The van der Waals surface area contributed by atoms with Gasteiger partial charge >= 0.3 is 0 Å². The van der Waals surface area contributed by atoms with Gasteiger partial charge in [-0.2, -0.15) is 0 Å². The summed E-state index contributed by atoms with van der Waals surface area (Å²) in [6.45, 7) is 10.7. The van der Waals surface area contributed by atoms with Gasteiger partial charge in [0.15, 0.2) is 0 Å². The molecule has 8 nitrogen and oxygen atoms in total. The van der Waals surface area contributed by atoms with E-state index in [0.29, 0.717) is 23.5 Å². The fraction of sp³-hybridized carbons (Fsp3) is 0.406. The van der Waals surface area contributed by atoms with Crippen LogP contribution >= 0.6 is 0 Å². The fourth-order valence-electron chi connectivity index (χ4n) is 6.13. The second-order valence-corrected chi connectivity index (χ2v) is 11.0. The fourth-order valence-corrected chi connectivity index (χ4v) is 6.13. The van der Waals surface area contributed by atoms with Gasteiger partial charge in [-0.3, -0.25) is 19.4 Å². The third kappa shape index (κ3) is 5.41. The molecule has 40 heavy (non-hydrogen) atoms. The van der Waals surface area contributed by atoms with Gasteiger partial charge in [0, 0.05) is 76.0 Å². The second-order valence-electron chi connectivity index (χ2n) is 11.0. The number of hydrogen-bond donors (Lipinski definition) is 0. The van der Waals surface area contributed by atoms with Gasteiger partial charge in [0.05, 0.1) is 11.1 Å². The third-order valence-corrected chi connectivity index (χ3v) is 8.36. The molecule has 0 radical (unpaired) electrons. The molecule has 0 spiro atoms. The van der Waals surface area contributed by atoms with Crippen molar-refractivity contribution in [1.82, 2.24) is 14.8 Å². The summed E-state index contributed by atoms with van der Waals surface area (Å²) in [6, 6.07) is 22.8. The lowest BCUT2D eigenvalue weighted by Gasteiger charge is -2.37. The number of pyridine rings is 1. The standard InChI is InChI=1S/C32H38N6O2/c1-25-24-28-29(30(33-25)37-22-20-36(21-23-37)27-12-6-3-7-13-27)32(40)38(31(28)39)15-9-8-14-34-16-18-35(19-17-34)26-10-4-2-5-11-26/h2-7,10-13,24H,8-9,14-23H2,1H3. The maximum atomic E-state index is 13.5.